The highest BCUT2D eigenvalue weighted by Gasteiger charge is 2.23. The minimum Gasteiger partial charge on any atom is -0.360 e. The Morgan fingerprint density at radius 1 is 1.06 bits per heavy atom. The average Bonchev–Trinajstić information content (AvgIpc) is 3.28. The van der Waals surface area contributed by atoms with Gasteiger partial charge in [-0.1, -0.05) is 19.1 Å². The van der Waals surface area contributed by atoms with Crippen LogP contribution in [0.2, 0.25) is 0 Å². The first kappa shape index (κ1) is 20.7. The fourth-order valence-corrected chi connectivity index (χ4v) is 3.93. The molecule has 0 saturated heterocycles. The largest absolute Gasteiger partial charge is 0.360 e. The Labute approximate surface area is 185 Å². The van der Waals surface area contributed by atoms with Crippen LogP contribution in [-0.4, -0.2) is 24.5 Å². The molecule has 0 saturated carbocycles. The highest BCUT2D eigenvalue weighted by Crippen LogP contribution is 2.29. The fourth-order valence-electron chi connectivity index (χ4n) is 3.93. The second-order valence-corrected chi connectivity index (χ2v) is 7.44. The van der Waals surface area contributed by atoms with E-state index < -0.39 is 29.1 Å². The van der Waals surface area contributed by atoms with E-state index in [-0.39, 0.29) is 11.1 Å². The predicted molar refractivity (Wildman–Crippen MR) is 118 cm³/mol. The molecule has 2 N–H and O–H groups in total. The standard InChI is InChI=1S/C23H17F3N6O/c1-2-16(31-22-20-21(28-10-27-20)29-11-30-22)18-8-12-4-3-5-14(25)19(12)23(33)32(18)17-7-6-13(24)9-15(17)26/h3-11,16H,2H2,1H3,(H2,27,28,29,30,31)/t16-/m0/s1. The first-order valence-corrected chi connectivity index (χ1v) is 10.2. The van der Waals surface area contributed by atoms with Crippen molar-refractivity contribution in [3.8, 4) is 5.69 Å². The van der Waals surface area contributed by atoms with Crippen molar-refractivity contribution in [3.63, 3.8) is 0 Å². The number of fused-ring (bicyclic) bond motifs is 2. The third-order valence-electron chi connectivity index (χ3n) is 5.47. The summed E-state index contributed by atoms with van der Waals surface area (Å²) in [6.45, 7) is 1.87. The smallest absolute Gasteiger partial charge is 0.266 e. The molecular formula is C23H17F3N6O. The number of nitrogens with one attached hydrogen (secondary N) is 2. The van der Waals surface area contributed by atoms with E-state index in [1.807, 2.05) is 6.92 Å². The molecule has 0 bridgehead atoms. The first-order chi connectivity index (χ1) is 16.0. The minimum absolute atomic E-state index is 0.184. The van der Waals surface area contributed by atoms with Crippen molar-refractivity contribution in [1.29, 1.82) is 0 Å². The monoisotopic (exact) mass is 450 g/mol. The van der Waals surface area contributed by atoms with Crippen molar-refractivity contribution >= 4 is 27.8 Å². The van der Waals surface area contributed by atoms with Crippen LogP contribution in [-0.2, 0) is 0 Å². The molecule has 3 aromatic heterocycles. The summed E-state index contributed by atoms with van der Waals surface area (Å²) in [5.74, 6) is -2.05. The number of aromatic amines is 1. The second kappa shape index (κ2) is 8.05. The number of rotatable bonds is 5. The normalized spacial score (nSPS) is 12.4. The van der Waals surface area contributed by atoms with Crippen molar-refractivity contribution in [2.75, 3.05) is 5.32 Å². The van der Waals surface area contributed by atoms with Crippen LogP contribution in [0.4, 0.5) is 19.0 Å². The van der Waals surface area contributed by atoms with Crippen LogP contribution in [0.1, 0.15) is 25.1 Å². The van der Waals surface area contributed by atoms with Gasteiger partial charge < -0.3 is 10.3 Å². The lowest BCUT2D eigenvalue weighted by Crippen LogP contribution is -2.27. The highest BCUT2D eigenvalue weighted by atomic mass is 19.1. The van der Waals surface area contributed by atoms with Gasteiger partial charge in [-0.25, -0.2) is 28.1 Å². The summed E-state index contributed by atoms with van der Waals surface area (Å²) < 4.78 is 44.1. The van der Waals surface area contributed by atoms with Gasteiger partial charge in [0.1, 0.15) is 29.3 Å². The molecule has 5 rings (SSSR count). The van der Waals surface area contributed by atoms with Crippen LogP contribution in [0.15, 0.2) is 59.9 Å². The van der Waals surface area contributed by atoms with E-state index in [4.69, 9.17) is 0 Å². The van der Waals surface area contributed by atoms with Gasteiger partial charge in [-0.05, 0) is 36.1 Å². The van der Waals surface area contributed by atoms with E-state index in [0.717, 1.165) is 16.7 Å². The number of pyridine rings is 1. The van der Waals surface area contributed by atoms with Crippen molar-refractivity contribution in [2.24, 2.45) is 0 Å². The summed E-state index contributed by atoms with van der Waals surface area (Å²) in [5, 5.41) is 3.42. The van der Waals surface area contributed by atoms with Crippen molar-refractivity contribution < 1.29 is 13.2 Å². The SMILES string of the molecule is CC[C@H](Nc1ncnc2[nH]cnc12)c1cc2cccc(F)c2c(=O)n1-c1ccc(F)cc1F. The lowest BCUT2D eigenvalue weighted by Gasteiger charge is -2.23. The Balaban J connectivity index is 1.77. The minimum atomic E-state index is -0.944. The Hall–Kier alpha value is -4.21. The van der Waals surface area contributed by atoms with Gasteiger partial charge in [0.2, 0.25) is 0 Å². The van der Waals surface area contributed by atoms with Crippen molar-refractivity contribution in [1.82, 2.24) is 24.5 Å². The number of halogens is 3. The summed E-state index contributed by atoms with van der Waals surface area (Å²) in [5.41, 5.74) is 0.427. The molecule has 0 aliphatic rings. The van der Waals surface area contributed by atoms with Crippen molar-refractivity contribution in [3.05, 3.63) is 88.6 Å². The van der Waals surface area contributed by atoms with E-state index in [2.05, 4.69) is 25.3 Å². The Morgan fingerprint density at radius 3 is 2.70 bits per heavy atom. The van der Waals surface area contributed by atoms with Crippen LogP contribution in [0, 0.1) is 17.5 Å². The highest BCUT2D eigenvalue weighted by molar-refractivity contribution is 5.84. The third-order valence-corrected chi connectivity index (χ3v) is 5.47. The number of hydrogen-bond acceptors (Lipinski definition) is 5. The zero-order valence-electron chi connectivity index (χ0n) is 17.3. The van der Waals surface area contributed by atoms with E-state index >= 15 is 0 Å². The summed E-state index contributed by atoms with van der Waals surface area (Å²) in [6, 6.07) is 8.23. The molecule has 10 heteroatoms. The molecule has 0 radical (unpaired) electrons. The predicted octanol–water partition coefficient (Wildman–Crippen LogP) is 4.64. The van der Waals surface area contributed by atoms with Crippen molar-refractivity contribution in [2.45, 2.75) is 19.4 Å². The number of nitrogens with zero attached hydrogens (tertiary/aromatic N) is 4. The number of aromatic nitrogens is 5. The molecule has 7 nitrogen and oxygen atoms in total. The second-order valence-electron chi connectivity index (χ2n) is 7.44. The maximum atomic E-state index is 14.8. The van der Waals surface area contributed by atoms with E-state index in [1.165, 1.54) is 24.8 Å². The van der Waals surface area contributed by atoms with Gasteiger partial charge in [-0.3, -0.25) is 9.36 Å². The lowest BCUT2D eigenvalue weighted by molar-refractivity contribution is 0.571. The average molecular weight is 450 g/mol. The summed E-state index contributed by atoms with van der Waals surface area (Å²) in [4.78, 5) is 28.9. The molecule has 5 aromatic rings. The lowest BCUT2D eigenvalue weighted by atomic mass is 10.0. The maximum absolute atomic E-state index is 14.8. The van der Waals surface area contributed by atoms with Crippen LogP contribution in [0.3, 0.4) is 0 Å². The number of anilines is 1. The molecule has 0 fully saturated rings. The summed E-state index contributed by atoms with van der Waals surface area (Å²) >= 11 is 0. The number of benzene rings is 2. The van der Waals surface area contributed by atoms with Gasteiger partial charge in [0.25, 0.3) is 5.56 Å². The van der Waals surface area contributed by atoms with Gasteiger partial charge in [0.15, 0.2) is 11.5 Å². The number of imidazole rings is 1. The maximum Gasteiger partial charge on any atom is 0.266 e. The molecule has 0 amide bonds. The molecule has 33 heavy (non-hydrogen) atoms. The Bertz CT molecular complexity index is 1560. The quantitative estimate of drug-likeness (QED) is 0.407. The molecular weight excluding hydrogens is 433 g/mol. The number of H-pyrrole nitrogens is 1. The van der Waals surface area contributed by atoms with Gasteiger partial charge in [-0.15, -0.1) is 0 Å². The zero-order valence-corrected chi connectivity index (χ0v) is 17.3. The molecule has 2 aromatic carbocycles. The van der Waals surface area contributed by atoms with Gasteiger partial charge in [-0.2, -0.15) is 0 Å². The van der Waals surface area contributed by atoms with Crippen LogP contribution < -0.4 is 10.9 Å². The summed E-state index contributed by atoms with van der Waals surface area (Å²) in [6.07, 6.45) is 3.30. The van der Waals surface area contributed by atoms with E-state index in [1.54, 1.807) is 12.1 Å². The molecule has 166 valence electrons. The Morgan fingerprint density at radius 2 is 1.91 bits per heavy atom. The Kier molecular flexibility index (Phi) is 5.04. The van der Waals surface area contributed by atoms with Crippen LogP contribution in [0.5, 0.6) is 0 Å². The molecule has 0 aliphatic carbocycles. The molecule has 0 aliphatic heterocycles. The third kappa shape index (κ3) is 3.49. The molecule has 0 spiro atoms. The first-order valence-electron chi connectivity index (χ1n) is 10.2. The van der Waals surface area contributed by atoms with Crippen LogP contribution in [0.25, 0.3) is 27.6 Å². The van der Waals surface area contributed by atoms with Gasteiger partial charge in [0, 0.05) is 11.8 Å². The molecule has 1 atom stereocenters. The molecule has 0 unspecified atom stereocenters. The number of hydrogen-bond donors (Lipinski definition) is 2. The zero-order chi connectivity index (χ0) is 23.1. The van der Waals surface area contributed by atoms with Gasteiger partial charge in [0.05, 0.1) is 23.4 Å². The summed E-state index contributed by atoms with van der Waals surface area (Å²) in [7, 11) is 0. The van der Waals surface area contributed by atoms with E-state index in [0.29, 0.717) is 40.5 Å². The van der Waals surface area contributed by atoms with Crippen LogP contribution >= 0.6 is 0 Å². The fraction of sp³-hybridized carbons (Fsp3) is 0.130. The van der Waals surface area contributed by atoms with E-state index in [9.17, 15) is 18.0 Å². The topological polar surface area (TPSA) is 88.5 Å². The molecule has 3 heterocycles. The van der Waals surface area contributed by atoms with Gasteiger partial charge >= 0.3 is 0 Å².